The van der Waals surface area contributed by atoms with E-state index < -0.39 is 0 Å². The lowest BCUT2D eigenvalue weighted by Crippen LogP contribution is -2.51. The molecule has 1 saturated heterocycles. The molecule has 1 aliphatic heterocycles. The molecule has 64 valence electrons. The van der Waals surface area contributed by atoms with Gasteiger partial charge in [0.2, 0.25) is 5.91 Å². The summed E-state index contributed by atoms with van der Waals surface area (Å²) in [6, 6.07) is 0.434. The molecular weight excluding hydrogens is 140 g/mol. The van der Waals surface area contributed by atoms with Crippen LogP contribution in [0.15, 0.2) is 0 Å². The molecule has 3 nitrogen and oxygen atoms in total. The summed E-state index contributed by atoms with van der Waals surface area (Å²) in [5.74, 6) is 0.241. The Kier molecular flexibility index (Phi) is 2.49. The van der Waals surface area contributed by atoms with E-state index in [0.717, 1.165) is 13.0 Å². The standard InChI is InChI=1S/C8H16N2O/c1-7(2)10-6-4-5-8(11)9(10)3/h7H,4-6H2,1-3H3. The van der Waals surface area contributed by atoms with Gasteiger partial charge in [0, 0.05) is 26.1 Å². The molecule has 0 aromatic carbocycles. The van der Waals surface area contributed by atoms with Crippen LogP contribution in [0.2, 0.25) is 0 Å². The van der Waals surface area contributed by atoms with Crippen molar-refractivity contribution in [3.63, 3.8) is 0 Å². The minimum Gasteiger partial charge on any atom is -0.278 e. The summed E-state index contributed by atoms with van der Waals surface area (Å²) < 4.78 is 0. The maximum absolute atomic E-state index is 11.2. The van der Waals surface area contributed by atoms with Crippen molar-refractivity contribution in [2.75, 3.05) is 13.6 Å². The van der Waals surface area contributed by atoms with Crippen LogP contribution >= 0.6 is 0 Å². The zero-order valence-corrected chi connectivity index (χ0v) is 7.50. The van der Waals surface area contributed by atoms with Gasteiger partial charge in [-0.25, -0.2) is 5.01 Å². The normalized spacial score (nSPS) is 21.5. The topological polar surface area (TPSA) is 23.6 Å². The highest BCUT2D eigenvalue weighted by molar-refractivity contribution is 5.75. The third-order valence-corrected chi connectivity index (χ3v) is 2.12. The number of hydrazine groups is 1. The Morgan fingerprint density at radius 3 is 2.55 bits per heavy atom. The Morgan fingerprint density at radius 2 is 2.09 bits per heavy atom. The highest BCUT2D eigenvalue weighted by Crippen LogP contribution is 2.12. The van der Waals surface area contributed by atoms with Crippen LogP contribution in [-0.4, -0.2) is 35.6 Å². The van der Waals surface area contributed by atoms with Crippen LogP contribution in [0.3, 0.4) is 0 Å². The Morgan fingerprint density at radius 1 is 1.45 bits per heavy atom. The molecule has 0 spiro atoms. The first-order valence-electron chi connectivity index (χ1n) is 4.16. The summed E-state index contributed by atoms with van der Waals surface area (Å²) in [6.07, 6.45) is 1.71. The molecule has 0 radical (unpaired) electrons. The van der Waals surface area contributed by atoms with Crippen LogP contribution in [0.5, 0.6) is 0 Å². The van der Waals surface area contributed by atoms with Crippen LogP contribution in [0.1, 0.15) is 26.7 Å². The smallest absolute Gasteiger partial charge is 0.236 e. The second kappa shape index (κ2) is 3.22. The number of nitrogens with zero attached hydrogens (tertiary/aromatic N) is 2. The van der Waals surface area contributed by atoms with E-state index in [-0.39, 0.29) is 5.91 Å². The summed E-state index contributed by atoms with van der Waals surface area (Å²) in [7, 11) is 1.85. The van der Waals surface area contributed by atoms with Gasteiger partial charge >= 0.3 is 0 Å². The summed E-state index contributed by atoms with van der Waals surface area (Å²) >= 11 is 0. The van der Waals surface area contributed by atoms with Gasteiger partial charge in [-0.3, -0.25) is 9.80 Å². The molecule has 0 aromatic rings. The maximum atomic E-state index is 11.2. The quantitative estimate of drug-likeness (QED) is 0.562. The number of carbonyl (C=O) groups is 1. The van der Waals surface area contributed by atoms with Crippen LogP contribution < -0.4 is 0 Å². The number of carbonyl (C=O) groups excluding carboxylic acids is 1. The predicted octanol–water partition coefficient (Wildman–Crippen LogP) is 0.864. The Balaban J connectivity index is 2.58. The van der Waals surface area contributed by atoms with E-state index in [1.807, 2.05) is 7.05 Å². The van der Waals surface area contributed by atoms with Gasteiger partial charge in [0.25, 0.3) is 0 Å². The van der Waals surface area contributed by atoms with Crippen molar-refractivity contribution in [3.05, 3.63) is 0 Å². The maximum Gasteiger partial charge on any atom is 0.236 e. The van der Waals surface area contributed by atoms with E-state index in [1.165, 1.54) is 0 Å². The molecule has 1 amide bonds. The molecule has 0 aliphatic carbocycles. The number of rotatable bonds is 1. The van der Waals surface area contributed by atoms with E-state index >= 15 is 0 Å². The highest BCUT2D eigenvalue weighted by atomic mass is 16.2. The van der Waals surface area contributed by atoms with Crippen LogP contribution in [0.25, 0.3) is 0 Å². The minimum absolute atomic E-state index is 0.241. The Labute approximate surface area is 67.9 Å². The summed E-state index contributed by atoms with van der Waals surface area (Å²) in [4.78, 5) is 11.2. The van der Waals surface area contributed by atoms with Gasteiger partial charge in [0.1, 0.15) is 0 Å². The molecule has 0 saturated carbocycles. The fourth-order valence-corrected chi connectivity index (χ4v) is 1.45. The molecule has 0 atom stereocenters. The second-order valence-electron chi connectivity index (χ2n) is 3.28. The number of hydrogen-bond donors (Lipinski definition) is 0. The molecule has 0 bridgehead atoms. The highest BCUT2D eigenvalue weighted by Gasteiger charge is 2.23. The van der Waals surface area contributed by atoms with Gasteiger partial charge in [0.05, 0.1) is 0 Å². The third-order valence-electron chi connectivity index (χ3n) is 2.12. The van der Waals surface area contributed by atoms with Crippen LogP contribution in [-0.2, 0) is 4.79 Å². The SMILES string of the molecule is CC(C)N1CCCC(=O)N1C. The van der Waals surface area contributed by atoms with E-state index in [2.05, 4.69) is 18.9 Å². The van der Waals surface area contributed by atoms with E-state index in [1.54, 1.807) is 5.01 Å². The molecular formula is C8H16N2O. The largest absolute Gasteiger partial charge is 0.278 e. The zero-order chi connectivity index (χ0) is 8.43. The van der Waals surface area contributed by atoms with Gasteiger partial charge < -0.3 is 0 Å². The molecule has 1 fully saturated rings. The van der Waals surface area contributed by atoms with E-state index in [0.29, 0.717) is 12.5 Å². The van der Waals surface area contributed by atoms with Crippen LogP contribution in [0.4, 0.5) is 0 Å². The van der Waals surface area contributed by atoms with Crippen molar-refractivity contribution in [2.24, 2.45) is 0 Å². The zero-order valence-electron chi connectivity index (χ0n) is 7.50. The van der Waals surface area contributed by atoms with Crippen molar-refractivity contribution in [2.45, 2.75) is 32.7 Å². The van der Waals surface area contributed by atoms with Crippen molar-refractivity contribution in [3.8, 4) is 0 Å². The average Bonchev–Trinajstić information content (AvgIpc) is 1.94. The van der Waals surface area contributed by atoms with Crippen molar-refractivity contribution >= 4 is 5.91 Å². The van der Waals surface area contributed by atoms with Gasteiger partial charge in [-0.1, -0.05) is 0 Å². The van der Waals surface area contributed by atoms with Crippen molar-refractivity contribution < 1.29 is 4.79 Å². The fourth-order valence-electron chi connectivity index (χ4n) is 1.45. The Hall–Kier alpha value is -0.570. The Bertz CT molecular complexity index is 156. The first-order valence-corrected chi connectivity index (χ1v) is 4.16. The first kappa shape index (κ1) is 8.53. The van der Waals surface area contributed by atoms with Gasteiger partial charge in [-0.05, 0) is 20.3 Å². The summed E-state index contributed by atoms with van der Waals surface area (Å²) in [6.45, 7) is 5.23. The molecule has 11 heavy (non-hydrogen) atoms. The molecule has 3 heteroatoms. The summed E-state index contributed by atoms with van der Waals surface area (Å²) in [5, 5.41) is 3.85. The predicted molar refractivity (Wildman–Crippen MR) is 43.8 cm³/mol. The van der Waals surface area contributed by atoms with E-state index in [4.69, 9.17) is 0 Å². The molecule has 1 heterocycles. The second-order valence-corrected chi connectivity index (χ2v) is 3.28. The number of hydrogen-bond acceptors (Lipinski definition) is 2. The molecule has 0 aromatic heterocycles. The average molecular weight is 156 g/mol. The minimum atomic E-state index is 0.241. The monoisotopic (exact) mass is 156 g/mol. The van der Waals surface area contributed by atoms with Crippen LogP contribution in [0, 0.1) is 0 Å². The van der Waals surface area contributed by atoms with Gasteiger partial charge in [0.15, 0.2) is 0 Å². The van der Waals surface area contributed by atoms with Gasteiger partial charge in [-0.2, -0.15) is 0 Å². The fraction of sp³-hybridized carbons (Fsp3) is 0.875. The first-order chi connectivity index (χ1) is 5.13. The lowest BCUT2D eigenvalue weighted by Gasteiger charge is -2.38. The third kappa shape index (κ3) is 1.71. The lowest BCUT2D eigenvalue weighted by molar-refractivity contribution is -0.155. The van der Waals surface area contributed by atoms with E-state index in [9.17, 15) is 4.79 Å². The van der Waals surface area contributed by atoms with Gasteiger partial charge in [-0.15, -0.1) is 0 Å². The molecule has 0 N–H and O–H groups in total. The molecule has 1 aliphatic rings. The van der Waals surface area contributed by atoms with Crippen molar-refractivity contribution in [1.29, 1.82) is 0 Å². The number of amides is 1. The van der Waals surface area contributed by atoms with Crippen molar-refractivity contribution in [1.82, 2.24) is 10.0 Å². The molecule has 1 rings (SSSR count). The summed E-state index contributed by atoms with van der Waals surface area (Å²) in [5.41, 5.74) is 0. The molecule has 0 unspecified atom stereocenters. The lowest BCUT2D eigenvalue weighted by atomic mass is 10.2.